The van der Waals surface area contributed by atoms with E-state index >= 15 is 0 Å². The van der Waals surface area contributed by atoms with E-state index in [0.29, 0.717) is 5.75 Å². The molecule has 0 aromatic heterocycles. The third-order valence-corrected chi connectivity index (χ3v) is 4.85. The minimum atomic E-state index is -0.353. The van der Waals surface area contributed by atoms with Gasteiger partial charge >= 0.3 is 0 Å². The third-order valence-electron chi connectivity index (χ3n) is 4.85. The number of ether oxygens (including phenoxy) is 1. The Hall–Kier alpha value is -3.02. The fourth-order valence-corrected chi connectivity index (χ4v) is 3.23. The van der Waals surface area contributed by atoms with E-state index in [0.717, 1.165) is 30.8 Å². The molecular weight excluding hydrogens is 354 g/mol. The molecule has 1 heterocycles. The molecule has 6 nitrogen and oxygen atoms in total. The zero-order chi connectivity index (χ0) is 20.1. The molecule has 0 spiro atoms. The SMILES string of the molecule is C[C@@H](Nc1ccc(OCC(=O)N(C)C)cc1)C(=O)N1CCCc2ccccc21. The largest absolute Gasteiger partial charge is 0.484 e. The van der Waals surface area contributed by atoms with Crippen molar-refractivity contribution >= 4 is 23.2 Å². The van der Waals surface area contributed by atoms with Gasteiger partial charge in [0.25, 0.3) is 5.91 Å². The van der Waals surface area contributed by atoms with Gasteiger partial charge in [-0.05, 0) is 55.7 Å². The van der Waals surface area contributed by atoms with Crippen molar-refractivity contribution in [2.45, 2.75) is 25.8 Å². The first-order valence-electron chi connectivity index (χ1n) is 9.54. The summed E-state index contributed by atoms with van der Waals surface area (Å²) in [7, 11) is 3.38. The molecule has 2 amide bonds. The first-order valence-corrected chi connectivity index (χ1v) is 9.54. The lowest BCUT2D eigenvalue weighted by Gasteiger charge is -2.32. The summed E-state index contributed by atoms with van der Waals surface area (Å²) >= 11 is 0. The Morgan fingerprint density at radius 3 is 2.57 bits per heavy atom. The molecule has 0 bridgehead atoms. The molecule has 0 unspecified atom stereocenters. The molecule has 148 valence electrons. The highest BCUT2D eigenvalue weighted by atomic mass is 16.5. The van der Waals surface area contributed by atoms with Crippen molar-refractivity contribution in [3.05, 3.63) is 54.1 Å². The molecule has 2 aromatic rings. The third kappa shape index (κ3) is 4.63. The number of aryl methyl sites for hydroxylation is 1. The lowest BCUT2D eigenvalue weighted by atomic mass is 10.0. The van der Waals surface area contributed by atoms with E-state index in [9.17, 15) is 9.59 Å². The lowest BCUT2D eigenvalue weighted by molar-refractivity contribution is -0.130. The Morgan fingerprint density at radius 2 is 1.86 bits per heavy atom. The molecule has 6 heteroatoms. The number of hydrogen-bond acceptors (Lipinski definition) is 4. The van der Waals surface area contributed by atoms with Crippen molar-refractivity contribution in [1.82, 2.24) is 4.90 Å². The number of amides is 2. The quantitative estimate of drug-likeness (QED) is 0.836. The summed E-state index contributed by atoms with van der Waals surface area (Å²) in [4.78, 5) is 27.9. The highest BCUT2D eigenvalue weighted by molar-refractivity contribution is 5.99. The maximum atomic E-state index is 13.0. The van der Waals surface area contributed by atoms with Crippen molar-refractivity contribution in [2.75, 3.05) is 37.5 Å². The summed E-state index contributed by atoms with van der Waals surface area (Å²) in [5.74, 6) is 0.581. The van der Waals surface area contributed by atoms with Gasteiger partial charge in [-0.1, -0.05) is 18.2 Å². The zero-order valence-electron chi connectivity index (χ0n) is 16.6. The smallest absolute Gasteiger partial charge is 0.259 e. The Morgan fingerprint density at radius 1 is 1.14 bits per heavy atom. The molecule has 28 heavy (non-hydrogen) atoms. The average Bonchev–Trinajstić information content (AvgIpc) is 2.71. The highest BCUT2D eigenvalue weighted by Gasteiger charge is 2.26. The molecule has 0 fully saturated rings. The molecule has 1 atom stereocenters. The first-order chi connectivity index (χ1) is 13.5. The number of para-hydroxylation sites is 1. The predicted octanol–water partition coefficient (Wildman–Crippen LogP) is 2.93. The number of anilines is 2. The van der Waals surface area contributed by atoms with Gasteiger partial charge in [-0.25, -0.2) is 0 Å². The summed E-state index contributed by atoms with van der Waals surface area (Å²) in [6.45, 7) is 2.62. The van der Waals surface area contributed by atoms with Gasteiger partial charge < -0.3 is 19.9 Å². The van der Waals surface area contributed by atoms with E-state index in [1.807, 2.05) is 42.2 Å². The van der Waals surface area contributed by atoms with Gasteiger partial charge in [0.1, 0.15) is 11.8 Å². The summed E-state index contributed by atoms with van der Waals surface area (Å²) in [6.07, 6.45) is 1.99. The number of nitrogens with zero attached hydrogens (tertiary/aromatic N) is 2. The lowest BCUT2D eigenvalue weighted by Crippen LogP contribution is -2.44. The van der Waals surface area contributed by atoms with Crippen LogP contribution in [0.4, 0.5) is 11.4 Å². The van der Waals surface area contributed by atoms with Gasteiger partial charge in [-0.15, -0.1) is 0 Å². The van der Waals surface area contributed by atoms with Crippen molar-refractivity contribution in [2.24, 2.45) is 0 Å². The Balaban J connectivity index is 1.60. The number of rotatable bonds is 6. The zero-order valence-corrected chi connectivity index (χ0v) is 16.6. The number of nitrogens with one attached hydrogen (secondary N) is 1. The summed E-state index contributed by atoms with van der Waals surface area (Å²) in [6, 6.07) is 15.0. The molecule has 0 saturated heterocycles. The average molecular weight is 381 g/mol. The van der Waals surface area contributed by atoms with Crippen molar-refractivity contribution in [1.29, 1.82) is 0 Å². The van der Waals surface area contributed by atoms with Crippen LogP contribution in [0, 0.1) is 0 Å². The van der Waals surface area contributed by atoms with Crippen LogP contribution in [-0.4, -0.2) is 50.0 Å². The molecule has 1 aliphatic rings. The van der Waals surface area contributed by atoms with Gasteiger partial charge in [0.15, 0.2) is 6.61 Å². The van der Waals surface area contributed by atoms with Gasteiger partial charge in [-0.2, -0.15) is 0 Å². The van der Waals surface area contributed by atoms with Crippen LogP contribution in [0.2, 0.25) is 0 Å². The topological polar surface area (TPSA) is 61.9 Å². The van der Waals surface area contributed by atoms with E-state index in [2.05, 4.69) is 11.4 Å². The highest BCUT2D eigenvalue weighted by Crippen LogP contribution is 2.27. The van der Waals surface area contributed by atoms with Crippen LogP contribution in [-0.2, 0) is 16.0 Å². The minimum absolute atomic E-state index is 0.00301. The Bertz CT molecular complexity index is 833. The second-order valence-corrected chi connectivity index (χ2v) is 7.19. The van der Waals surface area contributed by atoms with E-state index < -0.39 is 0 Å². The molecule has 0 aliphatic carbocycles. The van der Waals surface area contributed by atoms with Crippen molar-refractivity contribution < 1.29 is 14.3 Å². The number of fused-ring (bicyclic) bond motifs is 1. The summed E-state index contributed by atoms with van der Waals surface area (Å²) in [5, 5.41) is 3.26. The number of benzene rings is 2. The molecule has 0 saturated carbocycles. The fourth-order valence-electron chi connectivity index (χ4n) is 3.23. The van der Waals surface area contributed by atoms with Crippen LogP contribution in [0.1, 0.15) is 18.9 Å². The van der Waals surface area contributed by atoms with Gasteiger partial charge in [0, 0.05) is 32.0 Å². The Kier molecular flexibility index (Phi) is 6.19. The van der Waals surface area contributed by atoms with Crippen LogP contribution in [0.25, 0.3) is 0 Å². The molecular formula is C22H27N3O3. The van der Waals surface area contributed by atoms with E-state index in [1.165, 1.54) is 10.5 Å². The summed E-state index contributed by atoms with van der Waals surface area (Å²) < 4.78 is 5.48. The van der Waals surface area contributed by atoms with E-state index in [1.54, 1.807) is 26.2 Å². The van der Waals surface area contributed by atoms with Crippen molar-refractivity contribution in [3.63, 3.8) is 0 Å². The molecule has 2 aromatic carbocycles. The molecule has 0 radical (unpaired) electrons. The second kappa shape index (κ2) is 8.78. The van der Waals surface area contributed by atoms with Crippen LogP contribution < -0.4 is 15.0 Å². The summed E-state index contributed by atoms with van der Waals surface area (Å²) in [5.41, 5.74) is 3.07. The minimum Gasteiger partial charge on any atom is -0.484 e. The molecule has 3 rings (SSSR count). The number of hydrogen-bond donors (Lipinski definition) is 1. The maximum absolute atomic E-state index is 13.0. The molecule has 1 N–H and O–H groups in total. The van der Waals surface area contributed by atoms with Gasteiger partial charge in [0.2, 0.25) is 5.91 Å². The standard InChI is InChI=1S/C22H27N3O3/c1-16(22(27)25-14-6-8-17-7-4-5-9-20(17)25)23-18-10-12-19(13-11-18)28-15-21(26)24(2)3/h4-5,7,9-13,16,23H,6,8,14-15H2,1-3H3/t16-/m1/s1. The normalized spacial score (nSPS) is 14.0. The van der Waals surface area contributed by atoms with Crippen LogP contribution in [0.5, 0.6) is 5.75 Å². The van der Waals surface area contributed by atoms with Crippen molar-refractivity contribution in [3.8, 4) is 5.75 Å². The molecule has 1 aliphatic heterocycles. The van der Waals surface area contributed by atoms with E-state index in [4.69, 9.17) is 4.74 Å². The number of carbonyl (C=O) groups is 2. The van der Waals surface area contributed by atoms with Gasteiger partial charge in [-0.3, -0.25) is 9.59 Å². The fraction of sp³-hybridized carbons (Fsp3) is 0.364. The van der Waals surface area contributed by atoms with Crippen LogP contribution >= 0.6 is 0 Å². The Labute approximate surface area is 166 Å². The predicted molar refractivity (Wildman–Crippen MR) is 111 cm³/mol. The second-order valence-electron chi connectivity index (χ2n) is 7.19. The maximum Gasteiger partial charge on any atom is 0.259 e. The van der Waals surface area contributed by atoms with Crippen LogP contribution in [0.15, 0.2) is 48.5 Å². The monoisotopic (exact) mass is 381 g/mol. The van der Waals surface area contributed by atoms with Crippen LogP contribution in [0.3, 0.4) is 0 Å². The van der Waals surface area contributed by atoms with Gasteiger partial charge in [0.05, 0.1) is 0 Å². The number of likely N-dealkylation sites (N-methyl/N-ethyl adjacent to an activating group) is 1. The first kappa shape index (κ1) is 19.7. The van der Waals surface area contributed by atoms with E-state index in [-0.39, 0.29) is 24.5 Å². The number of carbonyl (C=O) groups excluding carboxylic acids is 2.